The number of fused-ring (bicyclic) bond motifs is 1. The Labute approximate surface area is 301 Å². The number of carbonyl (C=O) groups is 3. The average Bonchev–Trinajstić information content (AvgIpc) is 3.33. The van der Waals surface area contributed by atoms with Crippen molar-refractivity contribution in [3.63, 3.8) is 0 Å². The summed E-state index contributed by atoms with van der Waals surface area (Å²) >= 11 is 5.44. The summed E-state index contributed by atoms with van der Waals surface area (Å²) in [7, 11) is 1.26. The highest BCUT2D eigenvalue weighted by atomic mass is 127. The third-order valence-electron chi connectivity index (χ3n) is 6.64. The highest BCUT2D eigenvalue weighted by molar-refractivity contribution is 14.1. The van der Waals surface area contributed by atoms with E-state index in [9.17, 15) is 19.2 Å². The lowest BCUT2D eigenvalue weighted by Gasteiger charge is -2.25. The second-order valence-corrected chi connectivity index (χ2v) is 13.1. The molecule has 1 aromatic heterocycles. The van der Waals surface area contributed by atoms with Crippen molar-refractivity contribution in [2.75, 3.05) is 40.1 Å². The fourth-order valence-corrected chi connectivity index (χ4v) is 7.78. The number of esters is 3. The first-order chi connectivity index (χ1) is 22.5. The van der Waals surface area contributed by atoms with Crippen molar-refractivity contribution in [1.82, 2.24) is 4.57 Å². The van der Waals surface area contributed by atoms with Gasteiger partial charge in [-0.3, -0.25) is 9.36 Å². The van der Waals surface area contributed by atoms with Gasteiger partial charge in [0.1, 0.15) is 5.75 Å². The van der Waals surface area contributed by atoms with Crippen LogP contribution in [0.25, 0.3) is 6.08 Å². The summed E-state index contributed by atoms with van der Waals surface area (Å²) in [5.41, 5.74) is 1.30. The summed E-state index contributed by atoms with van der Waals surface area (Å²) in [4.78, 5) is 56.4. The van der Waals surface area contributed by atoms with Gasteiger partial charge in [-0.05, 0) is 109 Å². The highest BCUT2D eigenvalue weighted by Gasteiger charge is 2.34. The number of nitrogens with zero attached hydrogens (tertiary/aromatic N) is 2. The summed E-state index contributed by atoms with van der Waals surface area (Å²) in [6.07, 6.45) is 1.68. The quantitative estimate of drug-likeness (QED) is 0.141. The van der Waals surface area contributed by atoms with E-state index >= 15 is 0 Å². The number of hydrogen-bond donors (Lipinski definition) is 0. The van der Waals surface area contributed by atoms with E-state index in [1.165, 1.54) is 11.7 Å². The number of hydrogen-bond acceptors (Lipinski definition) is 12. The molecule has 0 amide bonds. The second-order valence-electron chi connectivity index (χ2n) is 9.71. The van der Waals surface area contributed by atoms with Crippen LogP contribution in [0.15, 0.2) is 51.4 Å². The van der Waals surface area contributed by atoms with Gasteiger partial charge in [0.2, 0.25) is 0 Å². The van der Waals surface area contributed by atoms with Gasteiger partial charge in [-0.15, -0.1) is 0 Å². The monoisotopic (exact) mass is 890 g/mol. The number of aromatic nitrogens is 1. The minimum absolute atomic E-state index is 0.122. The van der Waals surface area contributed by atoms with E-state index in [-0.39, 0.29) is 44.4 Å². The minimum Gasteiger partial charge on any atom is -0.490 e. The topological polar surface area (TPSA) is 141 Å². The molecule has 0 N–H and O–H groups in total. The van der Waals surface area contributed by atoms with E-state index < -0.39 is 29.5 Å². The molecule has 47 heavy (non-hydrogen) atoms. The molecule has 12 nitrogen and oxygen atoms in total. The predicted molar refractivity (Wildman–Crippen MR) is 190 cm³/mol. The van der Waals surface area contributed by atoms with Gasteiger partial charge in [0.15, 0.2) is 29.5 Å². The Morgan fingerprint density at radius 1 is 0.936 bits per heavy atom. The fourth-order valence-electron chi connectivity index (χ4n) is 4.70. The third kappa shape index (κ3) is 8.53. The molecule has 3 aromatic rings. The molecular formula is C32H32I2N2O10S. The summed E-state index contributed by atoms with van der Waals surface area (Å²) < 4.78 is 35.8. The number of halogens is 2. The lowest BCUT2D eigenvalue weighted by Crippen LogP contribution is -2.40. The van der Waals surface area contributed by atoms with Crippen LogP contribution in [0.3, 0.4) is 0 Å². The normalized spacial score (nSPS) is 14.2. The lowest BCUT2D eigenvalue weighted by molar-refractivity contribution is -0.145. The number of rotatable bonds is 13. The lowest BCUT2D eigenvalue weighted by atomic mass is 9.95. The Morgan fingerprint density at radius 3 is 2.34 bits per heavy atom. The molecule has 4 rings (SSSR count). The van der Waals surface area contributed by atoms with Gasteiger partial charge in [0.25, 0.3) is 5.56 Å². The maximum atomic E-state index is 14.2. The van der Waals surface area contributed by atoms with E-state index in [1.807, 2.05) is 12.1 Å². The van der Waals surface area contributed by atoms with Crippen molar-refractivity contribution in [2.45, 2.75) is 33.7 Å². The Balaban J connectivity index is 1.90. The first kappa shape index (κ1) is 36.4. The molecule has 2 aromatic carbocycles. The summed E-state index contributed by atoms with van der Waals surface area (Å²) in [6, 6.07) is 7.78. The largest absolute Gasteiger partial charge is 0.490 e. The standard InChI is InChI=1S/C32H32I2N2O10S/c1-6-42-23-12-18(9-10-22(23)45-15-25(37)41-5)28-27(31(40)44-8-3)17(4)35-32-36(28)30(39)24(47-32)13-19-11-20(33)14-21(34)29(19)46-16-26(38)43-7-2/h9-14,28H,6-8,15-16H2,1-5H3/b24-13+/t28-/m0/s1. The number of ether oxygens (including phenoxy) is 6. The number of carbonyl (C=O) groups excluding carboxylic acids is 3. The molecule has 1 aliphatic rings. The number of allylic oxidation sites excluding steroid dienone is 1. The summed E-state index contributed by atoms with van der Waals surface area (Å²) in [6.45, 7) is 6.91. The van der Waals surface area contributed by atoms with Crippen LogP contribution >= 0.6 is 56.5 Å². The zero-order valence-corrected chi connectivity index (χ0v) is 31.3. The van der Waals surface area contributed by atoms with Crippen molar-refractivity contribution in [3.8, 4) is 17.2 Å². The molecule has 0 fully saturated rings. The Morgan fingerprint density at radius 2 is 1.66 bits per heavy atom. The Hall–Kier alpha value is -3.45. The van der Waals surface area contributed by atoms with Gasteiger partial charge in [-0.25, -0.2) is 19.4 Å². The van der Waals surface area contributed by atoms with Crippen molar-refractivity contribution in [3.05, 3.63) is 79.6 Å². The molecule has 0 radical (unpaired) electrons. The van der Waals surface area contributed by atoms with Crippen LogP contribution in [0.4, 0.5) is 0 Å². The van der Waals surface area contributed by atoms with Crippen molar-refractivity contribution >= 4 is 80.5 Å². The first-order valence-electron chi connectivity index (χ1n) is 14.5. The van der Waals surface area contributed by atoms with E-state index in [0.29, 0.717) is 37.7 Å². The maximum Gasteiger partial charge on any atom is 0.344 e. The molecule has 1 atom stereocenters. The van der Waals surface area contributed by atoms with Crippen molar-refractivity contribution in [2.24, 2.45) is 4.99 Å². The van der Waals surface area contributed by atoms with Gasteiger partial charge in [-0.1, -0.05) is 17.4 Å². The van der Waals surface area contributed by atoms with Gasteiger partial charge >= 0.3 is 17.9 Å². The summed E-state index contributed by atoms with van der Waals surface area (Å²) in [5, 5.41) is 0. The van der Waals surface area contributed by atoms with Crippen molar-refractivity contribution < 1.29 is 42.8 Å². The molecule has 0 saturated heterocycles. The second kappa shape index (κ2) is 16.6. The van der Waals surface area contributed by atoms with Crippen LogP contribution in [-0.4, -0.2) is 62.6 Å². The van der Waals surface area contributed by atoms with Crippen LogP contribution < -0.4 is 29.1 Å². The van der Waals surface area contributed by atoms with E-state index in [4.69, 9.17) is 23.7 Å². The highest BCUT2D eigenvalue weighted by Crippen LogP contribution is 2.36. The van der Waals surface area contributed by atoms with Crippen LogP contribution in [0, 0.1) is 7.14 Å². The summed E-state index contributed by atoms with van der Waals surface area (Å²) in [5.74, 6) is -0.667. The van der Waals surface area contributed by atoms with Crippen LogP contribution in [0.5, 0.6) is 17.2 Å². The zero-order valence-electron chi connectivity index (χ0n) is 26.2. The fraction of sp³-hybridized carbons (Fsp3) is 0.344. The molecular weight excluding hydrogens is 858 g/mol. The molecule has 0 spiro atoms. The predicted octanol–water partition coefficient (Wildman–Crippen LogP) is 3.90. The third-order valence-corrected chi connectivity index (χ3v) is 9.04. The SMILES string of the molecule is CCOC(=O)COc1c(I)cc(I)cc1/C=c1/sc2n(c1=O)[C@@H](c1ccc(OCC(=O)OC)c(OCC)c1)C(C(=O)OCC)=C(C)N=2. The molecule has 0 bridgehead atoms. The van der Waals surface area contributed by atoms with Crippen LogP contribution in [0.1, 0.15) is 44.9 Å². The minimum atomic E-state index is -0.920. The van der Waals surface area contributed by atoms with Gasteiger partial charge < -0.3 is 28.4 Å². The number of methoxy groups -OCH3 is 1. The molecule has 2 heterocycles. The Bertz CT molecular complexity index is 1900. The molecule has 250 valence electrons. The number of thiazole rings is 1. The first-order valence-corrected chi connectivity index (χ1v) is 17.4. The Kier molecular flexibility index (Phi) is 12.8. The molecule has 15 heteroatoms. The van der Waals surface area contributed by atoms with Gasteiger partial charge in [0, 0.05) is 9.13 Å². The van der Waals surface area contributed by atoms with Crippen LogP contribution in [-0.2, 0) is 28.6 Å². The molecule has 0 unspecified atom stereocenters. The van der Waals surface area contributed by atoms with Gasteiger partial charge in [0.05, 0.1) is 52.3 Å². The van der Waals surface area contributed by atoms with E-state index in [1.54, 1.807) is 52.0 Å². The van der Waals surface area contributed by atoms with E-state index in [0.717, 1.165) is 18.5 Å². The molecule has 0 aliphatic carbocycles. The maximum absolute atomic E-state index is 14.2. The molecule has 0 saturated carbocycles. The van der Waals surface area contributed by atoms with Crippen molar-refractivity contribution in [1.29, 1.82) is 0 Å². The molecule has 1 aliphatic heterocycles. The zero-order chi connectivity index (χ0) is 34.2. The smallest absolute Gasteiger partial charge is 0.344 e. The average molecular weight is 890 g/mol. The van der Waals surface area contributed by atoms with Crippen LogP contribution in [0.2, 0.25) is 0 Å². The van der Waals surface area contributed by atoms with E-state index in [2.05, 4.69) is 54.9 Å². The number of benzene rings is 2. The van der Waals surface area contributed by atoms with Gasteiger partial charge in [-0.2, -0.15) is 0 Å².